The van der Waals surface area contributed by atoms with Crippen LogP contribution < -0.4 is 19.8 Å². The van der Waals surface area contributed by atoms with E-state index in [1.165, 1.54) is 14.2 Å². The van der Waals surface area contributed by atoms with E-state index in [9.17, 15) is 14.7 Å². The molecule has 2 heterocycles. The first-order valence-electron chi connectivity index (χ1n) is 8.82. The van der Waals surface area contributed by atoms with E-state index in [4.69, 9.17) is 23.4 Å². The van der Waals surface area contributed by atoms with Gasteiger partial charge in [-0.05, 0) is 29.8 Å². The number of esters is 1. The third-order valence-corrected chi connectivity index (χ3v) is 4.85. The van der Waals surface area contributed by atoms with Crippen LogP contribution in [0, 0.1) is 0 Å². The molecule has 0 radical (unpaired) electrons. The molecular formula is C21H18O8. The molecule has 8 heteroatoms. The lowest BCUT2D eigenvalue weighted by atomic mass is 9.87. The van der Waals surface area contributed by atoms with Gasteiger partial charge in [-0.25, -0.2) is 4.79 Å². The van der Waals surface area contributed by atoms with Crippen molar-refractivity contribution in [3.63, 3.8) is 0 Å². The van der Waals surface area contributed by atoms with E-state index in [1.807, 2.05) is 0 Å². The van der Waals surface area contributed by atoms with Crippen LogP contribution in [0.4, 0.5) is 0 Å². The predicted octanol–water partition coefficient (Wildman–Crippen LogP) is 2.93. The van der Waals surface area contributed by atoms with Crippen LogP contribution in [-0.2, 0) is 9.53 Å². The van der Waals surface area contributed by atoms with E-state index in [0.29, 0.717) is 28.2 Å². The van der Waals surface area contributed by atoms with Crippen LogP contribution >= 0.6 is 0 Å². The molecule has 0 fully saturated rings. The first kappa shape index (κ1) is 18.7. The number of carbonyl (C=O) groups is 1. The maximum Gasteiger partial charge on any atom is 0.343 e. The van der Waals surface area contributed by atoms with E-state index in [-0.39, 0.29) is 30.1 Å². The SMILES string of the molecule is COC(=O)C[C@H](c1cc(OC)c2c(c1)OCO2)c1c(O)c2ccccc2oc1=O. The number of hydrogen-bond donors (Lipinski definition) is 1. The van der Waals surface area contributed by atoms with Crippen molar-refractivity contribution in [1.29, 1.82) is 0 Å². The highest BCUT2D eigenvalue weighted by molar-refractivity contribution is 5.85. The van der Waals surface area contributed by atoms with Gasteiger partial charge in [-0.3, -0.25) is 4.79 Å². The summed E-state index contributed by atoms with van der Waals surface area (Å²) in [6, 6.07) is 9.90. The number of hydrogen-bond acceptors (Lipinski definition) is 8. The molecule has 1 N–H and O–H groups in total. The molecule has 0 aliphatic carbocycles. The highest BCUT2D eigenvalue weighted by atomic mass is 16.7. The van der Waals surface area contributed by atoms with Gasteiger partial charge in [0.15, 0.2) is 11.5 Å². The summed E-state index contributed by atoms with van der Waals surface area (Å²) >= 11 is 0. The zero-order valence-corrected chi connectivity index (χ0v) is 15.8. The molecule has 1 atom stereocenters. The Balaban J connectivity index is 1.94. The summed E-state index contributed by atoms with van der Waals surface area (Å²) in [5.41, 5.74) is -0.0324. The van der Waals surface area contributed by atoms with Gasteiger partial charge in [-0.15, -0.1) is 0 Å². The number of para-hydroxylation sites is 1. The normalized spacial score (nSPS) is 13.3. The van der Waals surface area contributed by atoms with Gasteiger partial charge in [0, 0.05) is 5.92 Å². The number of fused-ring (bicyclic) bond motifs is 2. The van der Waals surface area contributed by atoms with Gasteiger partial charge < -0.3 is 28.5 Å². The quantitative estimate of drug-likeness (QED) is 0.517. The lowest BCUT2D eigenvalue weighted by molar-refractivity contribution is -0.140. The van der Waals surface area contributed by atoms with Crippen molar-refractivity contribution < 1.29 is 33.3 Å². The summed E-state index contributed by atoms with van der Waals surface area (Å²) in [5.74, 6) is -0.427. The van der Waals surface area contributed by atoms with E-state index in [0.717, 1.165) is 0 Å². The molecule has 1 aromatic heterocycles. The maximum absolute atomic E-state index is 12.8. The molecule has 2 aromatic carbocycles. The van der Waals surface area contributed by atoms with Crippen molar-refractivity contribution in [2.75, 3.05) is 21.0 Å². The Bertz CT molecular complexity index is 1150. The molecule has 1 aliphatic rings. The summed E-state index contributed by atoms with van der Waals surface area (Å²) in [4.78, 5) is 24.9. The zero-order chi connectivity index (χ0) is 20.5. The zero-order valence-electron chi connectivity index (χ0n) is 15.8. The molecule has 0 bridgehead atoms. The molecule has 4 rings (SSSR count). The van der Waals surface area contributed by atoms with Gasteiger partial charge in [0.2, 0.25) is 12.5 Å². The number of ether oxygens (including phenoxy) is 4. The molecule has 0 unspecified atom stereocenters. The molecule has 3 aromatic rings. The smallest absolute Gasteiger partial charge is 0.343 e. The fraction of sp³-hybridized carbons (Fsp3) is 0.238. The number of carbonyl (C=O) groups excluding carboxylic acids is 1. The molecule has 150 valence electrons. The van der Waals surface area contributed by atoms with Gasteiger partial charge in [-0.2, -0.15) is 0 Å². The van der Waals surface area contributed by atoms with Crippen LogP contribution in [0.5, 0.6) is 23.0 Å². The van der Waals surface area contributed by atoms with Gasteiger partial charge >= 0.3 is 11.6 Å². The molecule has 1 aliphatic heterocycles. The first-order valence-corrected chi connectivity index (χ1v) is 8.82. The second-order valence-electron chi connectivity index (χ2n) is 6.44. The Kier molecular flexibility index (Phi) is 4.75. The molecule has 0 amide bonds. The predicted molar refractivity (Wildman–Crippen MR) is 102 cm³/mol. The highest BCUT2D eigenvalue weighted by Crippen LogP contribution is 2.45. The molecule has 8 nitrogen and oxygen atoms in total. The van der Waals surface area contributed by atoms with Crippen LogP contribution in [0.2, 0.25) is 0 Å². The fourth-order valence-corrected chi connectivity index (χ4v) is 3.44. The number of rotatable bonds is 5. The summed E-state index contributed by atoms with van der Waals surface area (Å²) in [6.45, 7) is 0.0280. The fourth-order valence-electron chi connectivity index (χ4n) is 3.44. The summed E-state index contributed by atoms with van der Waals surface area (Å²) in [6.07, 6.45) is -0.198. The molecule has 29 heavy (non-hydrogen) atoms. The van der Waals surface area contributed by atoms with Crippen molar-refractivity contribution >= 4 is 16.9 Å². The molecule has 0 saturated carbocycles. The Hall–Kier alpha value is -3.68. The Morgan fingerprint density at radius 2 is 2.00 bits per heavy atom. The van der Waals surface area contributed by atoms with E-state index in [2.05, 4.69) is 0 Å². The number of benzene rings is 2. The van der Waals surface area contributed by atoms with Crippen molar-refractivity contribution in [2.45, 2.75) is 12.3 Å². The van der Waals surface area contributed by atoms with Gasteiger partial charge in [-0.1, -0.05) is 12.1 Å². The van der Waals surface area contributed by atoms with E-state index >= 15 is 0 Å². The van der Waals surface area contributed by atoms with Crippen LogP contribution in [0.25, 0.3) is 11.0 Å². The van der Waals surface area contributed by atoms with E-state index < -0.39 is 17.5 Å². The summed E-state index contributed by atoms with van der Waals surface area (Å²) < 4.78 is 26.4. The Morgan fingerprint density at radius 3 is 2.76 bits per heavy atom. The number of aromatic hydroxyl groups is 1. The average Bonchev–Trinajstić information content (AvgIpc) is 3.20. The van der Waals surface area contributed by atoms with Gasteiger partial charge in [0.25, 0.3) is 0 Å². The minimum absolute atomic E-state index is 0.0280. The minimum Gasteiger partial charge on any atom is -0.507 e. The average molecular weight is 398 g/mol. The highest BCUT2D eigenvalue weighted by Gasteiger charge is 2.30. The topological polar surface area (TPSA) is 104 Å². The first-order chi connectivity index (χ1) is 14.0. The second kappa shape index (κ2) is 7.38. The Morgan fingerprint density at radius 1 is 1.21 bits per heavy atom. The Labute approximate surface area is 165 Å². The van der Waals surface area contributed by atoms with Crippen molar-refractivity contribution in [1.82, 2.24) is 0 Å². The summed E-state index contributed by atoms with van der Waals surface area (Å²) in [7, 11) is 2.72. The third kappa shape index (κ3) is 3.22. The van der Waals surface area contributed by atoms with Gasteiger partial charge in [0.05, 0.1) is 31.6 Å². The van der Waals surface area contributed by atoms with Crippen molar-refractivity contribution in [3.8, 4) is 23.0 Å². The lowest BCUT2D eigenvalue weighted by Crippen LogP contribution is -2.18. The van der Waals surface area contributed by atoms with Crippen LogP contribution in [0.3, 0.4) is 0 Å². The maximum atomic E-state index is 12.8. The standard InChI is InChI=1S/C21H18O8/c1-25-15-7-11(8-16-20(15)28-10-27-16)13(9-17(22)26-2)18-19(23)12-5-3-4-6-14(12)29-21(18)24/h3-8,13,23H,9-10H2,1-2H3/t13-/m1/s1. The summed E-state index contributed by atoms with van der Waals surface area (Å²) in [5, 5.41) is 11.2. The second-order valence-corrected chi connectivity index (χ2v) is 6.44. The van der Waals surface area contributed by atoms with Crippen LogP contribution in [-0.4, -0.2) is 32.1 Å². The monoisotopic (exact) mass is 398 g/mol. The van der Waals surface area contributed by atoms with Crippen LogP contribution in [0.1, 0.15) is 23.5 Å². The number of methoxy groups -OCH3 is 2. The van der Waals surface area contributed by atoms with Crippen molar-refractivity contribution in [3.05, 3.63) is 57.9 Å². The molecular weight excluding hydrogens is 380 g/mol. The van der Waals surface area contributed by atoms with Crippen molar-refractivity contribution in [2.24, 2.45) is 0 Å². The van der Waals surface area contributed by atoms with E-state index in [1.54, 1.807) is 36.4 Å². The molecule has 0 saturated heterocycles. The van der Waals surface area contributed by atoms with Crippen LogP contribution in [0.15, 0.2) is 45.6 Å². The molecule has 0 spiro atoms. The lowest BCUT2D eigenvalue weighted by Gasteiger charge is -2.19. The van der Waals surface area contributed by atoms with Gasteiger partial charge in [0.1, 0.15) is 11.3 Å². The largest absolute Gasteiger partial charge is 0.507 e. The third-order valence-electron chi connectivity index (χ3n) is 4.85. The minimum atomic E-state index is -0.855.